The van der Waals surface area contributed by atoms with Gasteiger partial charge in [-0.2, -0.15) is 0 Å². The van der Waals surface area contributed by atoms with E-state index in [2.05, 4.69) is 20.8 Å². The molecule has 136 valence electrons. The molecular formula is C16H16N4O5S. The first kappa shape index (κ1) is 19.2. The van der Waals surface area contributed by atoms with Gasteiger partial charge in [0.05, 0.1) is 11.8 Å². The number of esters is 1. The fourth-order valence-electron chi connectivity index (χ4n) is 1.96. The lowest BCUT2D eigenvalue weighted by Gasteiger charge is -2.11. The number of carbonyl (C=O) groups excluding carboxylic acids is 3. The summed E-state index contributed by atoms with van der Waals surface area (Å²) in [5.41, 5.74) is 0.231. The fourth-order valence-corrected chi connectivity index (χ4v) is 2.55. The third-order valence-electron chi connectivity index (χ3n) is 3.08. The number of hydrogen-bond donors (Lipinski definition) is 2. The molecule has 0 aliphatic heterocycles. The van der Waals surface area contributed by atoms with Crippen LogP contribution in [0.3, 0.4) is 0 Å². The Morgan fingerprint density at radius 2 is 2.04 bits per heavy atom. The first-order valence-electron chi connectivity index (χ1n) is 7.65. The van der Waals surface area contributed by atoms with Crippen LogP contribution in [0.1, 0.15) is 41.0 Å². The fraction of sp³-hybridized carbons (Fsp3) is 0.250. The number of nitroso groups, excluding NO2 is 1. The Bertz CT molecular complexity index is 849. The van der Waals surface area contributed by atoms with Crippen molar-refractivity contribution in [2.24, 2.45) is 5.18 Å². The van der Waals surface area contributed by atoms with Gasteiger partial charge in [0, 0.05) is 19.0 Å². The van der Waals surface area contributed by atoms with Crippen LogP contribution < -0.4 is 15.4 Å². The van der Waals surface area contributed by atoms with Crippen molar-refractivity contribution in [3.63, 3.8) is 0 Å². The van der Waals surface area contributed by atoms with E-state index >= 15 is 0 Å². The number of anilines is 1. The Labute approximate surface area is 152 Å². The van der Waals surface area contributed by atoms with E-state index in [0.29, 0.717) is 6.54 Å². The molecule has 0 radical (unpaired) electrons. The molecule has 0 aliphatic carbocycles. The SMILES string of the molecule is CCCNC(=O)c1ccc(OC(C)=O)c(C(=O)Nc2ncc(N=O)s2)c1. The summed E-state index contributed by atoms with van der Waals surface area (Å²) in [6, 6.07) is 4.15. The van der Waals surface area contributed by atoms with Crippen LogP contribution >= 0.6 is 11.3 Å². The van der Waals surface area contributed by atoms with Gasteiger partial charge in [-0.15, -0.1) is 4.91 Å². The number of hydrogen-bond acceptors (Lipinski definition) is 8. The van der Waals surface area contributed by atoms with Gasteiger partial charge in [-0.1, -0.05) is 18.3 Å². The van der Waals surface area contributed by atoms with Crippen molar-refractivity contribution in [1.29, 1.82) is 0 Å². The zero-order chi connectivity index (χ0) is 19.1. The summed E-state index contributed by atoms with van der Waals surface area (Å²) in [6.45, 7) is 3.61. The number of thiazole rings is 1. The molecule has 0 saturated heterocycles. The van der Waals surface area contributed by atoms with Gasteiger partial charge >= 0.3 is 5.97 Å². The van der Waals surface area contributed by atoms with E-state index in [1.54, 1.807) is 0 Å². The predicted molar refractivity (Wildman–Crippen MR) is 95.9 cm³/mol. The van der Waals surface area contributed by atoms with Crippen LogP contribution in [0.15, 0.2) is 29.6 Å². The van der Waals surface area contributed by atoms with E-state index in [4.69, 9.17) is 4.74 Å². The summed E-state index contributed by atoms with van der Waals surface area (Å²) >= 11 is 0.888. The summed E-state index contributed by atoms with van der Waals surface area (Å²) in [4.78, 5) is 50.2. The first-order valence-corrected chi connectivity index (χ1v) is 8.47. The molecule has 2 rings (SSSR count). The molecule has 0 bridgehead atoms. The lowest BCUT2D eigenvalue weighted by atomic mass is 10.1. The number of amides is 2. The van der Waals surface area contributed by atoms with Crippen molar-refractivity contribution in [1.82, 2.24) is 10.3 Å². The van der Waals surface area contributed by atoms with E-state index in [1.807, 2.05) is 6.92 Å². The predicted octanol–water partition coefficient (Wildman–Crippen LogP) is 2.86. The third-order valence-corrected chi connectivity index (χ3v) is 3.87. The van der Waals surface area contributed by atoms with Crippen LogP contribution in [0, 0.1) is 4.91 Å². The zero-order valence-corrected chi connectivity index (χ0v) is 14.9. The molecule has 1 aromatic heterocycles. The molecule has 0 saturated carbocycles. The molecule has 2 amide bonds. The van der Waals surface area contributed by atoms with Crippen LogP contribution in [0.4, 0.5) is 10.1 Å². The second-order valence-corrected chi connectivity index (χ2v) is 6.12. The Hall–Kier alpha value is -3.14. The van der Waals surface area contributed by atoms with Crippen LogP contribution in [-0.4, -0.2) is 29.3 Å². The topological polar surface area (TPSA) is 127 Å². The van der Waals surface area contributed by atoms with Gasteiger partial charge in [0.25, 0.3) is 11.8 Å². The number of nitrogens with one attached hydrogen (secondary N) is 2. The minimum atomic E-state index is -0.641. The van der Waals surface area contributed by atoms with Crippen molar-refractivity contribution >= 4 is 39.3 Å². The van der Waals surface area contributed by atoms with Crippen LogP contribution in [0.2, 0.25) is 0 Å². The Kier molecular flexibility index (Phi) is 6.50. The number of rotatable bonds is 7. The largest absolute Gasteiger partial charge is 0.426 e. The Balaban J connectivity index is 2.31. The first-order chi connectivity index (χ1) is 12.4. The molecule has 1 heterocycles. The summed E-state index contributed by atoms with van der Waals surface area (Å²) in [6.07, 6.45) is 1.98. The van der Waals surface area contributed by atoms with E-state index in [1.165, 1.54) is 31.3 Å². The van der Waals surface area contributed by atoms with Gasteiger partial charge in [-0.3, -0.25) is 19.7 Å². The third kappa shape index (κ3) is 4.93. The Morgan fingerprint density at radius 1 is 1.27 bits per heavy atom. The maximum absolute atomic E-state index is 12.5. The number of ether oxygens (including phenoxy) is 1. The van der Waals surface area contributed by atoms with E-state index in [0.717, 1.165) is 17.8 Å². The average Bonchev–Trinajstić information content (AvgIpc) is 3.07. The standard InChI is InChI=1S/C16H16N4O5S/c1-3-6-17-14(22)10-4-5-12(25-9(2)21)11(7-10)15(23)19-16-18-8-13(20-24)26-16/h4-5,7-8H,3,6H2,1-2H3,(H,17,22)(H,18,19,23). The second-order valence-electron chi connectivity index (χ2n) is 5.11. The lowest BCUT2D eigenvalue weighted by molar-refractivity contribution is -0.131. The molecule has 0 fully saturated rings. The molecule has 9 nitrogen and oxygen atoms in total. The zero-order valence-electron chi connectivity index (χ0n) is 14.1. The molecule has 2 aromatic rings. The number of nitrogens with zero attached hydrogens (tertiary/aromatic N) is 2. The summed E-state index contributed by atoms with van der Waals surface area (Å²) < 4.78 is 5.03. The molecule has 26 heavy (non-hydrogen) atoms. The van der Waals surface area contributed by atoms with Crippen LogP contribution in [0.5, 0.6) is 5.75 Å². The molecule has 1 aromatic carbocycles. The maximum atomic E-state index is 12.5. The van der Waals surface area contributed by atoms with E-state index in [9.17, 15) is 19.3 Å². The van der Waals surface area contributed by atoms with Crippen molar-refractivity contribution in [2.75, 3.05) is 11.9 Å². The van der Waals surface area contributed by atoms with Crippen LogP contribution in [0.25, 0.3) is 0 Å². The number of carbonyl (C=O) groups is 3. The molecule has 0 atom stereocenters. The summed E-state index contributed by atoms with van der Waals surface area (Å²) in [5.74, 6) is -1.59. The molecular weight excluding hydrogens is 360 g/mol. The van der Waals surface area contributed by atoms with Crippen molar-refractivity contribution in [3.8, 4) is 5.75 Å². The van der Waals surface area contributed by atoms with Gasteiger partial charge in [-0.25, -0.2) is 4.98 Å². The molecule has 0 spiro atoms. The quantitative estimate of drug-likeness (QED) is 0.434. The smallest absolute Gasteiger partial charge is 0.308 e. The van der Waals surface area contributed by atoms with Gasteiger partial charge in [0.1, 0.15) is 5.75 Å². The Morgan fingerprint density at radius 3 is 2.65 bits per heavy atom. The highest BCUT2D eigenvalue weighted by molar-refractivity contribution is 7.19. The number of benzene rings is 1. The van der Waals surface area contributed by atoms with E-state index < -0.39 is 11.9 Å². The van der Waals surface area contributed by atoms with Crippen molar-refractivity contribution < 1.29 is 19.1 Å². The maximum Gasteiger partial charge on any atom is 0.308 e. The van der Waals surface area contributed by atoms with E-state index in [-0.39, 0.29) is 32.9 Å². The molecule has 2 N–H and O–H groups in total. The minimum absolute atomic E-state index is 0.00679. The van der Waals surface area contributed by atoms with Gasteiger partial charge < -0.3 is 10.1 Å². The average molecular weight is 376 g/mol. The van der Waals surface area contributed by atoms with Crippen molar-refractivity contribution in [2.45, 2.75) is 20.3 Å². The van der Waals surface area contributed by atoms with Gasteiger partial charge in [0.15, 0.2) is 10.1 Å². The lowest BCUT2D eigenvalue weighted by Crippen LogP contribution is -2.24. The van der Waals surface area contributed by atoms with Crippen molar-refractivity contribution in [3.05, 3.63) is 40.4 Å². The van der Waals surface area contributed by atoms with Gasteiger partial charge in [0.2, 0.25) is 0 Å². The van der Waals surface area contributed by atoms with Crippen LogP contribution in [-0.2, 0) is 4.79 Å². The highest BCUT2D eigenvalue weighted by atomic mass is 32.1. The normalized spacial score (nSPS) is 10.1. The highest BCUT2D eigenvalue weighted by Gasteiger charge is 2.19. The molecule has 0 unspecified atom stereocenters. The minimum Gasteiger partial charge on any atom is -0.426 e. The molecule has 0 aliphatic rings. The highest BCUT2D eigenvalue weighted by Crippen LogP contribution is 2.27. The monoisotopic (exact) mass is 376 g/mol. The number of aromatic nitrogens is 1. The second kappa shape index (κ2) is 8.81. The summed E-state index contributed by atoms with van der Waals surface area (Å²) in [5, 5.41) is 8.17. The molecule has 10 heteroatoms. The van der Waals surface area contributed by atoms with Gasteiger partial charge in [-0.05, 0) is 29.8 Å². The summed E-state index contributed by atoms with van der Waals surface area (Å²) in [7, 11) is 0.